The van der Waals surface area contributed by atoms with Crippen molar-refractivity contribution in [3.05, 3.63) is 29.8 Å². The molecule has 0 spiro atoms. The maximum absolute atomic E-state index is 11.4. The Morgan fingerprint density at radius 1 is 1.27 bits per heavy atom. The van der Waals surface area contributed by atoms with Crippen molar-refractivity contribution in [1.29, 1.82) is 0 Å². The van der Waals surface area contributed by atoms with Crippen LogP contribution in [0.1, 0.15) is 18.9 Å². The first-order chi connectivity index (χ1) is 7.26. The van der Waals surface area contributed by atoms with E-state index in [1.807, 2.05) is 31.3 Å². The van der Waals surface area contributed by atoms with Crippen LogP contribution in [0.15, 0.2) is 24.3 Å². The van der Waals surface area contributed by atoms with Crippen molar-refractivity contribution in [3.8, 4) is 0 Å². The number of anilines is 1. The Hall–Kier alpha value is -1.35. The van der Waals surface area contributed by atoms with Gasteiger partial charge in [-0.3, -0.25) is 4.79 Å². The van der Waals surface area contributed by atoms with Crippen LogP contribution in [0.3, 0.4) is 0 Å². The molecule has 0 fully saturated rings. The van der Waals surface area contributed by atoms with Gasteiger partial charge in [-0.1, -0.05) is 19.1 Å². The van der Waals surface area contributed by atoms with Crippen LogP contribution < -0.4 is 10.6 Å². The first-order valence-corrected chi connectivity index (χ1v) is 5.29. The summed E-state index contributed by atoms with van der Waals surface area (Å²) in [6.07, 6.45) is 1.53. The first-order valence-electron chi connectivity index (χ1n) is 5.29. The van der Waals surface area contributed by atoms with Gasteiger partial charge in [0.25, 0.3) is 0 Å². The van der Waals surface area contributed by atoms with Crippen molar-refractivity contribution >= 4 is 11.6 Å². The molecule has 3 heteroatoms. The van der Waals surface area contributed by atoms with Gasteiger partial charge in [0.05, 0.1) is 0 Å². The summed E-state index contributed by atoms with van der Waals surface area (Å²) in [7, 11) is 1.84. The fourth-order valence-electron chi connectivity index (χ4n) is 1.29. The van der Waals surface area contributed by atoms with Gasteiger partial charge in [0, 0.05) is 18.7 Å². The Bertz CT molecular complexity index is 306. The maximum Gasteiger partial charge on any atom is 0.225 e. The van der Waals surface area contributed by atoms with Crippen LogP contribution in [-0.4, -0.2) is 19.5 Å². The highest BCUT2D eigenvalue weighted by molar-refractivity contribution is 5.90. The van der Waals surface area contributed by atoms with Crippen molar-refractivity contribution < 1.29 is 4.79 Å². The van der Waals surface area contributed by atoms with E-state index in [4.69, 9.17) is 0 Å². The van der Waals surface area contributed by atoms with Gasteiger partial charge >= 0.3 is 0 Å². The van der Waals surface area contributed by atoms with Crippen molar-refractivity contribution in [2.75, 3.05) is 18.9 Å². The van der Waals surface area contributed by atoms with E-state index in [9.17, 15) is 4.79 Å². The summed E-state index contributed by atoms with van der Waals surface area (Å²) in [6, 6.07) is 7.95. The third-order valence-electron chi connectivity index (χ3n) is 2.25. The molecule has 0 atom stereocenters. The lowest BCUT2D eigenvalue weighted by Gasteiger charge is -2.05. The summed E-state index contributed by atoms with van der Waals surface area (Å²) in [5.74, 6) is 0.0496. The summed E-state index contributed by atoms with van der Waals surface area (Å²) in [5, 5.41) is 5.79. The Kier molecular flexibility index (Phi) is 4.84. The topological polar surface area (TPSA) is 41.1 Å². The number of hydrogen-bond acceptors (Lipinski definition) is 2. The molecular formula is C12H18N2O. The molecule has 1 amide bonds. The number of nitrogens with one attached hydrogen (secondary N) is 2. The zero-order chi connectivity index (χ0) is 11.1. The number of aryl methyl sites for hydroxylation is 1. The van der Waals surface area contributed by atoms with Crippen LogP contribution >= 0.6 is 0 Å². The van der Waals surface area contributed by atoms with E-state index in [2.05, 4.69) is 17.6 Å². The van der Waals surface area contributed by atoms with Gasteiger partial charge in [-0.2, -0.15) is 0 Å². The molecule has 1 aromatic carbocycles. The predicted molar refractivity (Wildman–Crippen MR) is 63.0 cm³/mol. The lowest BCUT2D eigenvalue weighted by atomic mass is 10.1. The number of carbonyl (C=O) groups is 1. The van der Waals surface area contributed by atoms with E-state index >= 15 is 0 Å². The van der Waals surface area contributed by atoms with Gasteiger partial charge in [0.1, 0.15) is 0 Å². The second-order valence-electron chi connectivity index (χ2n) is 3.45. The molecule has 0 aliphatic rings. The molecule has 0 bridgehead atoms. The molecule has 1 rings (SSSR count). The summed E-state index contributed by atoms with van der Waals surface area (Å²) in [6.45, 7) is 2.82. The van der Waals surface area contributed by atoms with Gasteiger partial charge in [0.2, 0.25) is 5.91 Å². The number of benzene rings is 1. The minimum absolute atomic E-state index is 0.0496. The van der Waals surface area contributed by atoms with E-state index in [1.165, 1.54) is 5.56 Å². The van der Waals surface area contributed by atoms with Crippen LogP contribution in [-0.2, 0) is 11.2 Å². The number of carbonyl (C=O) groups excluding carboxylic acids is 1. The average Bonchev–Trinajstić information content (AvgIpc) is 2.27. The lowest BCUT2D eigenvalue weighted by molar-refractivity contribution is -0.116. The minimum Gasteiger partial charge on any atom is -0.326 e. The van der Waals surface area contributed by atoms with Crippen LogP contribution in [0, 0.1) is 0 Å². The molecule has 1 aromatic rings. The Morgan fingerprint density at radius 3 is 2.47 bits per heavy atom. The standard InChI is InChI=1S/C12H18N2O/c1-3-10-4-6-11(7-5-10)14-12(15)8-9-13-2/h4-7,13H,3,8-9H2,1-2H3,(H,14,15). The highest BCUT2D eigenvalue weighted by Gasteiger charge is 2.00. The predicted octanol–water partition coefficient (Wildman–Crippen LogP) is 1.80. The number of hydrogen-bond donors (Lipinski definition) is 2. The van der Waals surface area contributed by atoms with Gasteiger partial charge in [-0.25, -0.2) is 0 Å². The van der Waals surface area contributed by atoms with E-state index in [0.717, 1.165) is 12.1 Å². The molecule has 0 aromatic heterocycles. The highest BCUT2D eigenvalue weighted by Crippen LogP contribution is 2.09. The second kappa shape index (κ2) is 6.19. The first kappa shape index (κ1) is 11.7. The zero-order valence-electron chi connectivity index (χ0n) is 9.34. The van der Waals surface area contributed by atoms with E-state index < -0.39 is 0 Å². The average molecular weight is 206 g/mol. The molecule has 0 unspecified atom stereocenters. The summed E-state index contributed by atoms with van der Waals surface area (Å²) in [5.41, 5.74) is 2.15. The third-order valence-corrected chi connectivity index (χ3v) is 2.25. The SMILES string of the molecule is CCc1ccc(NC(=O)CCNC)cc1. The molecule has 0 saturated heterocycles. The molecule has 0 heterocycles. The minimum atomic E-state index is 0.0496. The van der Waals surface area contributed by atoms with E-state index in [-0.39, 0.29) is 5.91 Å². The zero-order valence-corrected chi connectivity index (χ0v) is 9.34. The molecule has 0 aliphatic carbocycles. The molecule has 15 heavy (non-hydrogen) atoms. The molecular weight excluding hydrogens is 188 g/mol. The van der Waals surface area contributed by atoms with Gasteiger partial charge < -0.3 is 10.6 Å². The number of amides is 1. The summed E-state index contributed by atoms with van der Waals surface area (Å²) < 4.78 is 0. The smallest absolute Gasteiger partial charge is 0.225 e. The molecule has 0 radical (unpaired) electrons. The molecule has 3 nitrogen and oxygen atoms in total. The monoisotopic (exact) mass is 206 g/mol. The Labute approximate surface area is 90.9 Å². The molecule has 2 N–H and O–H groups in total. The summed E-state index contributed by atoms with van der Waals surface area (Å²) in [4.78, 5) is 11.4. The number of rotatable bonds is 5. The van der Waals surface area contributed by atoms with Crippen molar-refractivity contribution in [2.45, 2.75) is 19.8 Å². The summed E-state index contributed by atoms with van der Waals surface area (Å²) >= 11 is 0. The quantitative estimate of drug-likeness (QED) is 0.771. The normalized spacial score (nSPS) is 10.0. The van der Waals surface area contributed by atoms with Gasteiger partial charge in [0.15, 0.2) is 0 Å². The molecule has 0 saturated carbocycles. The van der Waals surface area contributed by atoms with E-state index in [0.29, 0.717) is 13.0 Å². The van der Waals surface area contributed by atoms with Crippen molar-refractivity contribution in [2.24, 2.45) is 0 Å². The highest BCUT2D eigenvalue weighted by atomic mass is 16.1. The Balaban J connectivity index is 2.46. The van der Waals surface area contributed by atoms with Gasteiger partial charge in [-0.05, 0) is 31.2 Å². The second-order valence-corrected chi connectivity index (χ2v) is 3.45. The third kappa shape index (κ3) is 4.13. The van der Waals surface area contributed by atoms with Crippen LogP contribution in [0.2, 0.25) is 0 Å². The fraction of sp³-hybridized carbons (Fsp3) is 0.417. The fourth-order valence-corrected chi connectivity index (χ4v) is 1.29. The molecule has 0 aliphatic heterocycles. The van der Waals surface area contributed by atoms with Crippen LogP contribution in [0.5, 0.6) is 0 Å². The molecule has 82 valence electrons. The van der Waals surface area contributed by atoms with Gasteiger partial charge in [-0.15, -0.1) is 0 Å². The Morgan fingerprint density at radius 2 is 1.93 bits per heavy atom. The van der Waals surface area contributed by atoms with Crippen molar-refractivity contribution in [1.82, 2.24) is 5.32 Å². The maximum atomic E-state index is 11.4. The van der Waals surface area contributed by atoms with Crippen LogP contribution in [0.25, 0.3) is 0 Å². The van der Waals surface area contributed by atoms with Crippen LogP contribution in [0.4, 0.5) is 5.69 Å². The lowest BCUT2D eigenvalue weighted by Crippen LogP contribution is -2.18. The van der Waals surface area contributed by atoms with Crippen molar-refractivity contribution in [3.63, 3.8) is 0 Å². The largest absolute Gasteiger partial charge is 0.326 e. The van der Waals surface area contributed by atoms with E-state index in [1.54, 1.807) is 0 Å².